The predicted molar refractivity (Wildman–Crippen MR) is 29.5 cm³/mol. The fourth-order valence-electron chi connectivity index (χ4n) is 0. The maximum atomic E-state index is 7.00. The third-order valence-corrected chi connectivity index (χ3v) is 0. The summed E-state index contributed by atoms with van der Waals surface area (Å²) in [7, 11) is 2.25. The van der Waals surface area contributed by atoms with Crippen LogP contribution in [0.1, 0.15) is 0 Å². The van der Waals surface area contributed by atoms with Crippen LogP contribution in [-0.2, 0) is 0 Å². The SMILES string of the molecule is CCl.CO.C[OH2+]. The molecule has 0 aromatic carbocycles. The van der Waals surface area contributed by atoms with Crippen LogP contribution in [0.4, 0.5) is 0 Å². The molecule has 6 heavy (non-hydrogen) atoms. The summed E-state index contributed by atoms with van der Waals surface area (Å²) in [4.78, 5) is 0. The second-order valence-electron chi connectivity index (χ2n) is 0. The molecule has 3 heteroatoms. The minimum Gasteiger partial charge on any atom is -0.448 e. The summed E-state index contributed by atoms with van der Waals surface area (Å²) in [5, 5.41) is 12.8. The van der Waals surface area contributed by atoms with E-state index in [1.165, 1.54) is 13.5 Å². The van der Waals surface area contributed by atoms with Crippen molar-refractivity contribution in [2.24, 2.45) is 0 Å². The summed E-state index contributed by atoms with van der Waals surface area (Å²) < 4.78 is 0. The van der Waals surface area contributed by atoms with Crippen molar-refractivity contribution in [2.45, 2.75) is 0 Å². The topological polar surface area (TPSA) is 43.1 Å². The first-order valence-electron chi connectivity index (χ1n) is 1.33. The molecule has 0 aromatic heterocycles. The molecule has 0 heterocycles. The smallest absolute Gasteiger partial charge is 0.133 e. The van der Waals surface area contributed by atoms with Gasteiger partial charge in [-0.1, -0.05) is 0 Å². The largest absolute Gasteiger partial charge is 0.448 e. The second kappa shape index (κ2) is 2090. The maximum absolute atomic E-state index is 7.00. The zero-order valence-electron chi connectivity index (χ0n) is 4.33. The number of halogens is 1. The normalized spacial score (nSPS) is 3.00. The Kier molecular flexibility index (Phi) is 5710. The van der Waals surface area contributed by atoms with Gasteiger partial charge in [0.1, 0.15) is 7.11 Å². The van der Waals surface area contributed by atoms with Crippen molar-refractivity contribution in [2.75, 3.05) is 20.6 Å². The highest BCUT2D eigenvalue weighted by atomic mass is 35.5. The lowest BCUT2D eigenvalue weighted by Gasteiger charge is -1.21. The average molecular weight is 116 g/mol. The molecule has 0 amide bonds. The van der Waals surface area contributed by atoms with Crippen molar-refractivity contribution in [1.29, 1.82) is 0 Å². The van der Waals surface area contributed by atoms with Crippen LogP contribution in [0.3, 0.4) is 0 Å². The molecule has 3 N–H and O–H groups in total. The highest BCUT2D eigenvalue weighted by molar-refractivity contribution is 6.15. The molecule has 0 aromatic rings. The van der Waals surface area contributed by atoms with Crippen molar-refractivity contribution in [3.8, 4) is 0 Å². The molecular weight excluding hydrogens is 103 g/mol. The molecule has 0 rings (SSSR count). The van der Waals surface area contributed by atoms with Crippen LogP contribution in [0.2, 0.25) is 0 Å². The lowest BCUT2D eigenvalue weighted by Crippen LogP contribution is -1.25. The van der Waals surface area contributed by atoms with Crippen LogP contribution in [0.15, 0.2) is 0 Å². The molecule has 0 aliphatic rings. The molecule has 42 valence electrons. The van der Waals surface area contributed by atoms with Gasteiger partial charge in [-0.2, -0.15) is 0 Å². The van der Waals surface area contributed by atoms with Crippen LogP contribution in [-0.4, -0.2) is 30.8 Å². The van der Waals surface area contributed by atoms with Gasteiger partial charge in [0, 0.05) is 13.5 Å². The fourth-order valence-corrected chi connectivity index (χ4v) is 0. The van der Waals surface area contributed by atoms with Crippen molar-refractivity contribution in [1.82, 2.24) is 0 Å². The van der Waals surface area contributed by atoms with E-state index in [1.54, 1.807) is 0 Å². The zero-order valence-corrected chi connectivity index (χ0v) is 5.08. The van der Waals surface area contributed by atoms with E-state index in [-0.39, 0.29) is 0 Å². The maximum Gasteiger partial charge on any atom is 0.133 e. The van der Waals surface area contributed by atoms with Gasteiger partial charge in [-0.15, -0.1) is 11.6 Å². The van der Waals surface area contributed by atoms with Gasteiger partial charge in [0.05, 0.1) is 0 Å². The lowest BCUT2D eigenvalue weighted by atomic mass is 11.8. The van der Waals surface area contributed by atoms with E-state index in [0.717, 1.165) is 7.11 Å². The minimum atomic E-state index is 1.00. The lowest BCUT2D eigenvalue weighted by molar-refractivity contribution is 0.399. The van der Waals surface area contributed by atoms with E-state index in [9.17, 15) is 0 Å². The molecule has 0 aliphatic carbocycles. The highest BCUT2D eigenvalue weighted by Gasteiger charge is 0.943. The van der Waals surface area contributed by atoms with E-state index >= 15 is 0 Å². The number of aliphatic hydroxyl groups is 1. The number of hydrogen-bond donors (Lipinski definition) is 1. The van der Waals surface area contributed by atoms with Gasteiger partial charge < -0.3 is 10.2 Å². The van der Waals surface area contributed by atoms with Crippen LogP contribution in [0, 0.1) is 0 Å². The fraction of sp³-hybridized carbons (Fsp3) is 1.00. The van der Waals surface area contributed by atoms with Crippen LogP contribution in [0.5, 0.6) is 0 Å². The third-order valence-electron chi connectivity index (χ3n) is 0. The van der Waals surface area contributed by atoms with E-state index < -0.39 is 0 Å². The Balaban J connectivity index is -0.0000000225. The van der Waals surface area contributed by atoms with Crippen molar-refractivity contribution in [3.63, 3.8) is 0 Å². The molecular formula is C3H12ClO2+. The summed E-state index contributed by atoms with van der Waals surface area (Å²) in [6.45, 7) is 0. The molecule has 0 unspecified atom stereocenters. The third kappa shape index (κ3) is 984. The highest BCUT2D eigenvalue weighted by Crippen LogP contribution is 1.34. The molecule has 0 saturated heterocycles. The predicted octanol–water partition coefficient (Wildman–Crippen LogP) is -0.196. The molecule has 0 spiro atoms. The van der Waals surface area contributed by atoms with E-state index in [1.807, 2.05) is 0 Å². The molecule has 0 radical (unpaired) electrons. The van der Waals surface area contributed by atoms with Gasteiger partial charge in [0.15, 0.2) is 0 Å². The molecule has 0 atom stereocenters. The Hall–Kier alpha value is 0.210. The zero-order chi connectivity index (χ0) is 6.00. The standard InChI is InChI=1S/CH3Cl.2CH4O/c3*1-2/h1H3;2*2H,1H3/p+1. The number of aliphatic hydroxyl groups excluding tert-OH is 1. The molecule has 2 nitrogen and oxygen atoms in total. The second-order valence-corrected chi connectivity index (χ2v) is 0. The molecule has 0 bridgehead atoms. The van der Waals surface area contributed by atoms with Crippen LogP contribution >= 0.6 is 11.6 Å². The first-order chi connectivity index (χ1) is 3.00. The number of hydrogen-bond acceptors (Lipinski definition) is 1. The van der Waals surface area contributed by atoms with E-state index in [0.29, 0.717) is 0 Å². The Morgan fingerprint density at radius 2 is 1.17 bits per heavy atom. The van der Waals surface area contributed by atoms with E-state index in [4.69, 9.17) is 10.2 Å². The Morgan fingerprint density at radius 1 is 1.17 bits per heavy atom. The quantitative estimate of drug-likeness (QED) is 0.345. The molecule has 0 fully saturated rings. The van der Waals surface area contributed by atoms with Gasteiger partial charge in [-0.05, 0) is 0 Å². The summed E-state index contributed by atoms with van der Waals surface area (Å²) in [5.74, 6) is 0. The van der Waals surface area contributed by atoms with Gasteiger partial charge in [-0.3, -0.25) is 0 Å². The van der Waals surface area contributed by atoms with Crippen molar-refractivity contribution >= 4 is 11.6 Å². The Bertz CT molecular complexity index is 8.75. The van der Waals surface area contributed by atoms with Gasteiger partial charge >= 0.3 is 0 Å². The average Bonchev–Trinajstić information content (AvgIpc) is 1.81. The first kappa shape index (κ1) is 16.4. The van der Waals surface area contributed by atoms with Gasteiger partial charge in [-0.25, -0.2) is 0 Å². The summed E-state index contributed by atoms with van der Waals surface area (Å²) in [5.41, 5.74) is 0. The molecule has 0 aliphatic heterocycles. The Morgan fingerprint density at radius 3 is 1.17 bits per heavy atom. The van der Waals surface area contributed by atoms with Gasteiger partial charge in [0.2, 0.25) is 0 Å². The summed E-state index contributed by atoms with van der Waals surface area (Å²) >= 11 is 4.64. The number of rotatable bonds is 0. The van der Waals surface area contributed by atoms with E-state index in [2.05, 4.69) is 11.6 Å². The van der Waals surface area contributed by atoms with Gasteiger partial charge in [0.25, 0.3) is 0 Å². The monoisotopic (exact) mass is 115 g/mol. The van der Waals surface area contributed by atoms with Crippen LogP contribution in [0.25, 0.3) is 0 Å². The van der Waals surface area contributed by atoms with Crippen LogP contribution < -0.4 is 0 Å². The Labute approximate surface area is 43.4 Å². The number of alkyl halides is 1. The van der Waals surface area contributed by atoms with Crippen molar-refractivity contribution < 1.29 is 10.2 Å². The minimum absolute atomic E-state index is 1.00. The molecule has 0 saturated carbocycles. The summed E-state index contributed by atoms with van der Waals surface area (Å²) in [6.07, 6.45) is 1.47. The van der Waals surface area contributed by atoms with Crippen molar-refractivity contribution in [3.05, 3.63) is 0 Å². The summed E-state index contributed by atoms with van der Waals surface area (Å²) in [6, 6.07) is 0. The first-order valence-corrected chi connectivity index (χ1v) is 2.08.